The topological polar surface area (TPSA) is 182 Å². The Morgan fingerprint density at radius 3 is 2.40 bits per heavy atom. The van der Waals surface area contributed by atoms with Crippen LogP contribution in [0.1, 0.15) is 23.1 Å². The highest BCUT2D eigenvalue weighted by Crippen LogP contribution is 2.33. The Balaban J connectivity index is 0.952. The lowest BCUT2D eigenvalue weighted by Gasteiger charge is -2.29. The van der Waals surface area contributed by atoms with Crippen LogP contribution >= 0.6 is 0 Å². The summed E-state index contributed by atoms with van der Waals surface area (Å²) < 4.78 is 29.4. The van der Waals surface area contributed by atoms with Crippen molar-refractivity contribution in [2.75, 3.05) is 91.5 Å². The summed E-state index contributed by atoms with van der Waals surface area (Å²) in [5.41, 5.74) is 18.8. The van der Waals surface area contributed by atoms with Gasteiger partial charge < -0.3 is 44.6 Å². The molecule has 1 amide bonds. The molecular formula is C35H45N9O6. The first kappa shape index (κ1) is 35.2. The second-order valence-corrected chi connectivity index (χ2v) is 12.4. The van der Waals surface area contributed by atoms with Crippen LogP contribution in [0.3, 0.4) is 0 Å². The number of hydrogen-bond donors (Lipinski definition) is 2. The molecule has 2 aromatic carbocycles. The molecule has 4 heterocycles. The van der Waals surface area contributed by atoms with Crippen molar-refractivity contribution in [3.05, 3.63) is 59.4 Å². The maximum Gasteiger partial charge on any atom is 0.292 e. The van der Waals surface area contributed by atoms with E-state index in [1.807, 2.05) is 41.9 Å². The van der Waals surface area contributed by atoms with Crippen LogP contribution in [-0.4, -0.2) is 120 Å². The number of fused-ring (bicyclic) bond motifs is 3. The van der Waals surface area contributed by atoms with Crippen molar-refractivity contribution in [2.24, 2.45) is 0 Å². The van der Waals surface area contributed by atoms with Gasteiger partial charge in [-0.2, -0.15) is 10.1 Å². The first-order valence-corrected chi connectivity index (χ1v) is 16.8. The molecule has 0 spiro atoms. The van der Waals surface area contributed by atoms with Gasteiger partial charge in [0.05, 0.1) is 71.2 Å². The van der Waals surface area contributed by atoms with E-state index < -0.39 is 0 Å². The molecule has 0 unspecified atom stereocenters. The molecule has 266 valence electrons. The summed E-state index contributed by atoms with van der Waals surface area (Å²) in [5, 5.41) is 5.59. The van der Waals surface area contributed by atoms with Gasteiger partial charge in [0.1, 0.15) is 23.4 Å². The smallest absolute Gasteiger partial charge is 0.292 e. The van der Waals surface area contributed by atoms with Crippen molar-refractivity contribution in [1.29, 1.82) is 0 Å². The molecule has 15 heteroatoms. The molecule has 15 nitrogen and oxygen atoms in total. The fourth-order valence-electron chi connectivity index (χ4n) is 5.85. The Labute approximate surface area is 290 Å². The number of amides is 1. The van der Waals surface area contributed by atoms with Gasteiger partial charge in [0, 0.05) is 25.2 Å². The van der Waals surface area contributed by atoms with Gasteiger partial charge >= 0.3 is 0 Å². The molecule has 4 N–H and O–H groups in total. The second-order valence-electron chi connectivity index (χ2n) is 12.4. The lowest BCUT2D eigenvalue weighted by molar-refractivity contribution is -0.133. The first-order chi connectivity index (χ1) is 24.4. The van der Waals surface area contributed by atoms with Crippen LogP contribution in [0.2, 0.25) is 0 Å². The van der Waals surface area contributed by atoms with Gasteiger partial charge in [-0.05, 0) is 55.4 Å². The molecule has 50 heavy (non-hydrogen) atoms. The van der Waals surface area contributed by atoms with Crippen molar-refractivity contribution in [1.82, 2.24) is 34.5 Å². The van der Waals surface area contributed by atoms with E-state index in [-0.39, 0.29) is 11.9 Å². The molecule has 0 radical (unpaired) electrons. The largest absolute Gasteiger partial charge is 0.424 e. The zero-order valence-corrected chi connectivity index (χ0v) is 28.7. The summed E-state index contributed by atoms with van der Waals surface area (Å²) in [6, 6.07) is 12.0. The van der Waals surface area contributed by atoms with E-state index in [0.29, 0.717) is 113 Å². The molecule has 0 saturated heterocycles. The summed E-state index contributed by atoms with van der Waals surface area (Å²) in [5.74, 6) is 0.431. The van der Waals surface area contributed by atoms with Crippen LogP contribution in [0, 0.1) is 0 Å². The van der Waals surface area contributed by atoms with E-state index in [2.05, 4.69) is 38.1 Å². The SMILES string of the molecule is CN(C)CCOCCOCCOCCOCCC(=O)N1CCc2cc(Cn3nc(-c4ccc5oc(N)nc5c4)c4c(N)ncnc43)ccc2C1. The van der Waals surface area contributed by atoms with Crippen LogP contribution in [0.25, 0.3) is 33.4 Å². The van der Waals surface area contributed by atoms with Gasteiger partial charge in [-0.15, -0.1) is 0 Å². The van der Waals surface area contributed by atoms with E-state index in [0.717, 1.165) is 29.7 Å². The van der Waals surface area contributed by atoms with Gasteiger partial charge in [-0.25, -0.2) is 14.6 Å². The van der Waals surface area contributed by atoms with Crippen LogP contribution in [-0.2, 0) is 43.3 Å². The highest BCUT2D eigenvalue weighted by molar-refractivity contribution is 5.99. The lowest BCUT2D eigenvalue weighted by atomic mass is 9.97. The lowest BCUT2D eigenvalue weighted by Crippen LogP contribution is -2.36. The quantitative estimate of drug-likeness (QED) is 0.128. The fourth-order valence-corrected chi connectivity index (χ4v) is 5.85. The Morgan fingerprint density at radius 2 is 1.64 bits per heavy atom. The number of nitrogens with zero attached hydrogens (tertiary/aromatic N) is 7. The third-order valence-electron chi connectivity index (χ3n) is 8.46. The molecule has 0 saturated carbocycles. The Bertz CT molecular complexity index is 1890. The third-order valence-corrected chi connectivity index (χ3v) is 8.46. The molecule has 0 aliphatic carbocycles. The summed E-state index contributed by atoms with van der Waals surface area (Å²) in [4.78, 5) is 29.9. The van der Waals surface area contributed by atoms with E-state index in [4.69, 9.17) is 39.9 Å². The van der Waals surface area contributed by atoms with Gasteiger partial charge in [0.2, 0.25) is 5.91 Å². The van der Waals surface area contributed by atoms with Crippen LogP contribution in [0.4, 0.5) is 11.8 Å². The van der Waals surface area contributed by atoms with E-state index in [1.54, 1.807) is 0 Å². The zero-order chi connectivity index (χ0) is 34.9. The third kappa shape index (κ3) is 8.91. The number of aromatic nitrogens is 5. The van der Waals surface area contributed by atoms with Crippen molar-refractivity contribution < 1.29 is 28.2 Å². The number of rotatable bonds is 18. The van der Waals surface area contributed by atoms with Crippen molar-refractivity contribution in [3.63, 3.8) is 0 Å². The average Bonchev–Trinajstić information content (AvgIpc) is 3.67. The Kier molecular flexibility index (Phi) is 11.8. The van der Waals surface area contributed by atoms with Crippen molar-refractivity contribution in [3.8, 4) is 11.3 Å². The minimum Gasteiger partial charge on any atom is -0.424 e. The minimum atomic E-state index is 0.0844. The summed E-state index contributed by atoms with van der Waals surface area (Å²) in [6.45, 7) is 6.70. The average molecular weight is 688 g/mol. The second kappa shape index (κ2) is 16.8. The molecule has 5 aromatic rings. The van der Waals surface area contributed by atoms with Gasteiger partial charge in [0.25, 0.3) is 6.01 Å². The zero-order valence-electron chi connectivity index (χ0n) is 28.7. The van der Waals surface area contributed by atoms with Gasteiger partial charge in [-0.1, -0.05) is 18.2 Å². The normalized spacial score (nSPS) is 13.1. The standard InChI is InChI=1S/C35H45N9O6/c1-42(2)10-12-47-14-16-49-18-17-48-15-13-46-11-8-30(45)43-9-7-25-19-24(3-4-27(25)22-43)21-44-34-31(33(36)38-23-39-34)32(41-44)26-5-6-29-28(20-26)40-35(37)50-29/h3-6,19-20,23H,7-18,21-22H2,1-2H3,(H2,37,40)(H2,36,38,39). The monoisotopic (exact) mass is 687 g/mol. The van der Waals surface area contributed by atoms with Gasteiger partial charge in [0.15, 0.2) is 11.2 Å². The maximum atomic E-state index is 12.9. The van der Waals surface area contributed by atoms with E-state index in [1.165, 1.54) is 11.9 Å². The van der Waals surface area contributed by atoms with E-state index >= 15 is 0 Å². The first-order valence-electron chi connectivity index (χ1n) is 16.8. The highest BCUT2D eigenvalue weighted by Gasteiger charge is 2.22. The van der Waals surface area contributed by atoms with E-state index in [9.17, 15) is 4.79 Å². The molecule has 1 aliphatic rings. The van der Waals surface area contributed by atoms with Crippen LogP contribution < -0.4 is 11.5 Å². The highest BCUT2D eigenvalue weighted by atomic mass is 16.6. The number of benzene rings is 2. The maximum absolute atomic E-state index is 12.9. The molecule has 6 rings (SSSR count). The number of oxazole rings is 1. The predicted molar refractivity (Wildman–Crippen MR) is 188 cm³/mol. The number of hydrogen-bond acceptors (Lipinski definition) is 13. The molecule has 3 aromatic heterocycles. The Hall–Kier alpha value is -4.67. The summed E-state index contributed by atoms with van der Waals surface area (Å²) >= 11 is 0. The predicted octanol–water partition coefficient (Wildman–Crippen LogP) is 2.75. The van der Waals surface area contributed by atoms with Crippen LogP contribution in [0.5, 0.6) is 0 Å². The summed E-state index contributed by atoms with van der Waals surface area (Å²) in [6.07, 6.45) is 2.55. The number of carbonyl (C=O) groups excluding carboxylic acids is 1. The van der Waals surface area contributed by atoms with Crippen molar-refractivity contribution >= 4 is 39.9 Å². The van der Waals surface area contributed by atoms with Crippen molar-refractivity contribution in [2.45, 2.75) is 25.9 Å². The van der Waals surface area contributed by atoms with Crippen LogP contribution in [0.15, 0.2) is 47.1 Å². The number of anilines is 2. The minimum absolute atomic E-state index is 0.0844. The molecule has 0 atom stereocenters. The molecule has 0 fully saturated rings. The fraction of sp³-hybridized carbons (Fsp3) is 0.457. The Morgan fingerprint density at radius 1 is 0.900 bits per heavy atom. The molecule has 0 bridgehead atoms. The molecule has 1 aliphatic heterocycles. The number of nitrogens with two attached hydrogens (primary N) is 2. The number of carbonyl (C=O) groups is 1. The number of nitrogen functional groups attached to an aromatic ring is 2. The van der Waals surface area contributed by atoms with Gasteiger partial charge in [-0.3, -0.25) is 4.79 Å². The summed E-state index contributed by atoms with van der Waals surface area (Å²) in [7, 11) is 4.03. The molecular weight excluding hydrogens is 642 g/mol. The number of ether oxygens (including phenoxy) is 4. The number of likely N-dealkylation sites (N-methyl/N-ethyl adjacent to an activating group) is 1.